The molecule has 0 saturated heterocycles. The number of methoxy groups -OCH3 is 2. The fourth-order valence-electron chi connectivity index (χ4n) is 4.31. The van der Waals surface area contributed by atoms with E-state index in [4.69, 9.17) is 9.47 Å². The van der Waals surface area contributed by atoms with E-state index in [1.807, 2.05) is 34.1 Å². The summed E-state index contributed by atoms with van der Waals surface area (Å²) in [6, 6.07) is 8.60. The van der Waals surface area contributed by atoms with Crippen molar-refractivity contribution >= 4 is 33.9 Å². The van der Waals surface area contributed by atoms with Crippen molar-refractivity contribution in [3.8, 4) is 17.3 Å². The van der Waals surface area contributed by atoms with E-state index in [2.05, 4.69) is 35.5 Å². The molecule has 0 unspecified atom stereocenters. The van der Waals surface area contributed by atoms with Crippen LogP contribution in [0.4, 0.5) is 36.2 Å². The van der Waals surface area contributed by atoms with Gasteiger partial charge in [-0.25, -0.2) is 9.67 Å². The maximum atomic E-state index is 14.1. The molecule has 224 valence electrons. The van der Waals surface area contributed by atoms with Crippen LogP contribution >= 0.6 is 0 Å². The summed E-state index contributed by atoms with van der Waals surface area (Å²) in [6.07, 6.45) is -0.501. The molecule has 10 nitrogen and oxygen atoms in total. The van der Waals surface area contributed by atoms with Gasteiger partial charge in [-0.3, -0.25) is 0 Å². The highest BCUT2D eigenvalue weighted by molar-refractivity contribution is 5.85. The monoisotopic (exact) mass is 583 g/mol. The van der Waals surface area contributed by atoms with E-state index in [1.165, 1.54) is 18.9 Å². The van der Waals surface area contributed by atoms with Crippen LogP contribution in [0.3, 0.4) is 0 Å². The summed E-state index contributed by atoms with van der Waals surface area (Å²) in [5, 5.41) is 12.6. The van der Waals surface area contributed by atoms with Gasteiger partial charge < -0.3 is 29.9 Å². The molecule has 2 heterocycles. The van der Waals surface area contributed by atoms with E-state index >= 15 is 0 Å². The average molecular weight is 584 g/mol. The van der Waals surface area contributed by atoms with Crippen LogP contribution in [0.5, 0.6) is 11.5 Å². The minimum Gasteiger partial charge on any atom is -0.663 e. The van der Waals surface area contributed by atoms with Crippen LogP contribution in [0.1, 0.15) is 18.2 Å². The Labute approximate surface area is 242 Å². The van der Waals surface area contributed by atoms with Gasteiger partial charge in [-0.2, -0.15) is 29.5 Å². The largest absolute Gasteiger partial charge is 0.663 e. The van der Waals surface area contributed by atoms with E-state index in [0.29, 0.717) is 39.5 Å². The number of alkyl halides is 3. The van der Waals surface area contributed by atoms with Gasteiger partial charge in [0.15, 0.2) is 5.82 Å². The number of ether oxygens (including phenoxy) is 2. The third-order valence-electron chi connectivity index (χ3n) is 6.55. The fraction of sp³-hybridized carbons (Fsp3) is 0.345. The first-order valence-corrected chi connectivity index (χ1v) is 13.1. The van der Waals surface area contributed by atoms with Gasteiger partial charge >= 0.3 is 6.18 Å². The predicted molar refractivity (Wildman–Crippen MR) is 159 cm³/mol. The number of aryl methyl sites for hydroxylation is 1. The second-order valence-electron chi connectivity index (χ2n) is 9.81. The molecule has 4 rings (SSSR count). The molecule has 0 spiro atoms. The van der Waals surface area contributed by atoms with Crippen molar-refractivity contribution < 1.29 is 22.6 Å². The lowest BCUT2D eigenvalue weighted by Gasteiger charge is -2.31. The Morgan fingerprint density at radius 1 is 1.07 bits per heavy atom. The molecule has 2 aromatic carbocycles. The van der Waals surface area contributed by atoms with E-state index in [0.717, 1.165) is 25.0 Å². The Morgan fingerprint density at radius 3 is 2.48 bits per heavy atom. The number of nitrogens with zero attached hydrogens (tertiary/aromatic N) is 7. The van der Waals surface area contributed by atoms with Gasteiger partial charge in [0.2, 0.25) is 5.95 Å². The molecule has 0 saturated carbocycles. The van der Waals surface area contributed by atoms with Gasteiger partial charge in [-0.1, -0.05) is 0 Å². The summed E-state index contributed by atoms with van der Waals surface area (Å²) >= 11 is 0. The summed E-state index contributed by atoms with van der Waals surface area (Å²) in [5.41, 5.74) is 1.83. The summed E-state index contributed by atoms with van der Waals surface area (Å²) < 4.78 is 54.5. The SMILES string of the molecule is CC=C[N-]c1cc(Nc2ncc(C(F)(F)F)c(-n3nc(C)c4cc(OC)ccc43)n2)c(OC)cc1N(C)CCN(C)C. The smallest absolute Gasteiger partial charge is 0.421 e. The van der Waals surface area contributed by atoms with Crippen molar-refractivity contribution in [1.82, 2.24) is 24.6 Å². The van der Waals surface area contributed by atoms with Crippen LogP contribution in [-0.2, 0) is 6.18 Å². The third-order valence-corrected chi connectivity index (χ3v) is 6.55. The first-order valence-electron chi connectivity index (χ1n) is 13.1. The lowest BCUT2D eigenvalue weighted by molar-refractivity contribution is -0.138. The normalized spacial score (nSPS) is 11.9. The van der Waals surface area contributed by atoms with Crippen LogP contribution in [0, 0.1) is 6.92 Å². The number of nitrogens with one attached hydrogen (secondary N) is 1. The number of likely N-dealkylation sites (N-methyl/N-ethyl adjacent to an activating group) is 2. The molecule has 2 aromatic heterocycles. The zero-order valence-corrected chi connectivity index (χ0v) is 24.6. The Kier molecular flexibility index (Phi) is 9.10. The number of allylic oxidation sites excluding steroid dienone is 1. The van der Waals surface area contributed by atoms with Crippen LogP contribution in [0.15, 0.2) is 48.8 Å². The van der Waals surface area contributed by atoms with Gasteiger partial charge in [0, 0.05) is 43.5 Å². The Balaban J connectivity index is 1.81. The van der Waals surface area contributed by atoms with E-state index < -0.39 is 17.6 Å². The fourth-order valence-corrected chi connectivity index (χ4v) is 4.31. The Bertz CT molecular complexity index is 1580. The summed E-state index contributed by atoms with van der Waals surface area (Å²) in [6.45, 7) is 5.12. The minimum absolute atomic E-state index is 0.0724. The van der Waals surface area contributed by atoms with Crippen molar-refractivity contribution in [2.75, 3.05) is 58.7 Å². The second-order valence-corrected chi connectivity index (χ2v) is 9.81. The van der Waals surface area contributed by atoms with Gasteiger partial charge in [0.1, 0.15) is 17.1 Å². The van der Waals surface area contributed by atoms with Gasteiger partial charge in [0.05, 0.1) is 31.1 Å². The van der Waals surface area contributed by atoms with Gasteiger partial charge in [-0.15, -0.1) is 11.8 Å². The molecule has 0 aliphatic carbocycles. The van der Waals surface area contributed by atoms with Crippen LogP contribution in [-0.4, -0.2) is 73.1 Å². The van der Waals surface area contributed by atoms with Crippen molar-refractivity contribution in [2.24, 2.45) is 0 Å². The molecule has 0 aliphatic heterocycles. The highest BCUT2D eigenvalue weighted by atomic mass is 19.4. The molecule has 0 bridgehead atoms. The molecular formula is C29H34F3N8O2-. The van der Waals surface area contributed by atoms with Crippen molar-refractivity contribution in [2.45, 2.75) is 20.0 Å². The van der Waals surface area contributed by atoms with Crippen molar-refractivity contribution in [3.63, 3.8) is 0 Å². The molecule has 1 N–H and O–H groups in total. The predicted octanol–water partition coefficient (Wildman–Crippen LogP) is 6.44. The molecule has 0 fully saturated rings. The quantitative estimate of drug-likeness (QED) is 0.216. The van der Waals surface area contributed by atoms with Crippen LogP contribution in [0.25, 0.3) is 22.0 Å². The number of halogens is 3. The molecule has 13 heteroatoms. The highest BCUT2D eigenvalue weighted by Gasteiger charge is 2.36. The average Bonchev–Trinajstić information content (AvgIpc) is 3.29. The number of hydrogen-bond donors (Lipinski definition) is 1. The number of hydrogen-bond acceptors (Lipinski definition) is 8. The van der Waals surface area contributed by atoms with Crippen LogP contribution in [0.2, 0.25) is 0 Å². The topological polar surface area (TPSA) is 94.7 Å². The first kappa shape index (κ1) is 30.4. The number of benzene rings is 2. The summed E-state index contributed by atoms with van der Waals surface area (Å²) in [5.74, 6) is 0.518. The van der Waals surface area contributed by atoms with E-state index in [-0.39, 0.29) is 5.95 Å². The zero-order chi connectivity index (χ0) is 30.6. The van der Waals surface area contributed by atoms with Crippen molar-refractivity contribution in [1.29, 1.82) is 0 Å². The van der Waals surface area contributed by atoms with Gasteiger partial charge in [-0.05, 0) is 52.2 Å². The molecule has 0 aliphatic rings. The number of aromatic nitrogens is 4. The first-order chi connectivity index (χ1) is 20.0. The minimum atomic E-state index is -4.72. The lowest BCUT2D eigenvalue weighted by Crippen LogP contribution is -2.28. The second kappa shape index (κ2) is 12.6. The van der Waals surface area contributed by atoms with Gasteiger partial charge in [0.25, 0.3) is 0 Å². The maximum absolute atomic E-state index is 14.1. The summed E-state index contributed by atoms with van der Waals surface area (Å²) in [7, 11) is 8.98. The Morgan fingerprint density at radius 2 is 1.83 bits per heavy atom. The Hall–Kier alpha value is -4.52. The molecule has 0 atom stereocenters. The molecule has 0 radical (unpaired) electrons. The molecule has 42 heavy (non-hydrogen) atoms. The molecule has 4 aromatic rings. The van der Waals surface area contributed by atoms with Crippen molar-refractivity contribution in [3.05, 3.63) is 65.4 Å². The highest BCUT2D eigenvalue weighted by Crippen LogP contribution is 2.42. The molecule has 0 amide bonds. The number of anilines is 3. The number of fused-ring (bicyclic) bond motifs is 1. The van der Waals surface area contributed by atoms with E-state index in [1.54, 1.807) is 43.5 Å². The van der Waals surface area contributed by atoms with Crippen LogP contribution < -0.4 is 19.7 Å². The number of rotatable bonds is 11. The summed E-state index contributed by atoms with van der Waals surface area (Å²) in [4.78, 5) is 12.4. The van der Waals surface area contributed by atoms with E-state index in [9.17, 15) is 13.2 Å². The maximum Gasteiger partial charge on any atom is 0.421 e. The lowest BCUT2D eigenvalue weighted by atomic mass is 10.2. The molecular weight excluding hydrogens is 549 g/mol. The third kappa shape index (κ3) is 6.51. The standard InChI is InChI=1S/C29H34F3N8O2/c1-8-11-33-22-15-23(26(42-7)16-25(22)39(5)13-12-38(3)4)35-28-34-17-21(29(30,31)32)27(36-28)40-24-10-9-19(41-6)14-20(24)18(2)37-40/h8-11,14-17H,12-13H2,1-7H3,(H,34,35,36)/q-1. The zero-order valence-electron chi connectivity index (χ0n) is 24.6.